The summed E-state index contributed by atoms with van der Waals surface area (Å²) in [6.45, 7) is 2.34. The molecule has 0 heterocycles. The van der Waals surface area contributed by atoms with E-state index in [2.05, 4.69) is 0 Å². The highest BCUT2D eigenvalue weighted by Gasteiger charge is 2.26. The van der Waals surface area contributed by atoms with E-state index in [1.165, 1.54) is 12.1 Å². The maximum absolute atomic E-state index is 13.3. The largest absolute Gasteiger partial charge is 0.377 e. The highest BCUT2D eigenvalue weighted by molar-refractivity contribution is 6.30. The molecule has 0 fully saturated rings. The van der Waals surface area contributed by atoms with Crippen LogP contribution in [0.1, 0.15) is 30.4 Å². The van der Waals surface area contributed by atoms with Crippen molar-refractivity contribution in [2.45, 2.75) is 31.8 Å². The van der Waals surface area contributed by atoms with Crippen LogP contribution in [-0.2, 0) is 16.0 Å². The molecule has 24 heavy (non-hydrogen) atoms. The third-order valence-corrected chi connectivity index (χ3v) is 4.15. The van der Waals surface area contributed by atoms with Crippen LogP contribution in [0.5, 0.6) is 0 Å². The maximum Gasteiger partial charge on any atom is 0.220 e. The Bertz CT molecular complexity index is 658. The van der Waals surface area contributed by atoms with Crippen LogP contribution in [0.3, 0.4) is 0 Å². The van der Waals surface area contributed by atoms with Gasteiger partial charge < -0.3 is 10.5 Å². The van der Waals surface area contributed by atoms with Gasteiger partial charge in [0.1, 0.15) is 5.82 Å². The van der Waals surface area contributed by atoms with Gasteiger partial charge in [0.25, 0.3) is 0 Å². The van der Waals surface area contributed by atoms with Crippen LogP contribution in [0.4, 0.5) is 4.39 Å². The summed E-state index contributed by atoms with van der Waals surface area (Å²) in [5, 5.41) is 0.663. The smallest absolute Gasteiger partial charge is 0.220 e. The fraction of sp³-hybridized carbons (Fsp3) is 0.316. The average molecular weight is 350 g/mol. The molecule has 0 aliphatic heterocycles. The van der Waals surface area contributed by atoms with Gasteiger partial charge in [-0.2, -0.15) is 0 Å². The van der Waals surface area contributed by atoms with Crippen LogP contribution >= 0.6 is 11.6 Å². The number of halogens is 2. The Hall–Kier alpha value is -1.91. The Morgan fingerprint density at radius 3 is 2.33 bits per heavy atom. The summed E-state index contributed by atoms with van der Waals surface area (Å²) in [6, 6.07) is 13.8. The molecule has 0 aliphatic carbocycles. The molecule has 2 aromatic carbocycles. The van der Waals surface area contributed by atoms with Crippen LogP contribution in [0, 0.1) is 5.82 Å². The molecule has 0 radical (unpaired) electrons. The van der Waals surface area contributed by atoms with Gasteiger partial charge in [-0.15, -0.1) is 0 Å². The molecule has 0 unspecified atom stereocenters. The Balaban J connectivity index is 2.32. The monoisotopic (exact) mass is 349 g/mol. The third-order valence-electron chi connectivity index (χ3n) is 3.90. The fourth-order valence-electron chi connectivity index (χ4n) is 2.78. The van der Waals surface area contributed by atoms with Crippen LogP contribution in [0.25, 0.3) is 0 Å². The van der Waals surface area contributed by atoms with Crippen molar-refractivity contribution in [3.63, 3.8) is 0 Å². The highest BCUT2D eigenvalue weighted by atomic mass is 35.5. The van der Waals surface area contributed by atoms with Gasteiger partial charge >= 0.3 is 0 Å². The van der Waals surface area contributed by atoms with Gasteiger partial charge in [0.15, 0.2) is 0 Å². The van der Waals surface area contributed by atoms with E-state index in [1.807, 2.05) is 31.2 Å². The second kappa shape index (κ2) is 8.81. The molecule has 0 aliphatic rings. The molecule has 5 heteroatoms. The lowest BCUT2D eigenvalue weighted by Crippen LogP contribution is -2.30. The van der Waals surface area contributed by atoms with Gasteiger partial charge in [0.2, 0.25) is 5.91 Å². The van der Waals surface area contributed by atoms with E-state index < -0.39 is 5.91 Å². The molecular weight excluding hydrogens is 329 g/mol. The number of rotatable bonds is 8. The summed E-state index contributed by atoms with van der Waals surface area (Å²) < 4.78 is 19.0. The van der Waals surface area contributed by atoms with Crippen LogP contribution in [0.15, 0.2) is 48.5 Å². The summed E-state index contributed by atoms with van der Waals surface area (Å²) in [5.74, 6) is -0.831. The van der Waals surface area contributed by atoms with Crippen molar-refractivity contribution in [1.82, 2.24) is 0 Å². The van der Waals surface area contributed by atoms with Crippen LogP contribution in [0.2, 0.25) is 5.02 Å². The van der Waals surface area contributed by atoms with E-state index in [-0.39, 0.29) is 24.3 Å². The number of hydrogen-bond donors (Lipinski definition) is 1. The Kier molecular flexibility index (Phi) is 6.76. The summed E-state index contributed by atoms with van der Waals surface area (Å²) in [6.07, 6.45) is 0.387. The van der Waals surface area contributed by atoms with Crippen molar-refractivity contribution < 1.29 is 13.9 Å². The molecule has 2 aromatic rings. The summed E-state index contributed by atoms with van der Waals surface area (Å²) in [5.41, 5.74) is 7.35. The first-order valence-electron chi connectivity index (χ1n) is 7.89. The van der Waals surface area contributed by atoms with Crippen molar-refractivity contribution in [2.24, 2.45) is 5.73 Å². The fourth-order valence-corrected chi connectivity index (χ4v) is 2.90. The van der Waals surface area contributed by atoms with E-state index in [1.54, 1.807) is 12.1 Å². The first-order chi connectivity index (χ1) is 11.5. The van der Waals surface area contributed by atoms with Crippen LogP contribution in [-0.4, -0.2) is 18.6 Å². The van der Waals surface area contributed by atoms with Crippen molar-refractivity contribution in [3.05, 3.63) is 70.5 Å². The van der Waals surface area contributed by atoms with E-state index in [0.717, 1.165) is 11.1 Å². The molecule has 0 aromatic heterocycles. The standard InChI is InChI=1S/C19H21ClFNO2/c1-2-24-18(12-19(22)23)17(14-5-9-16(21)10-6-14)11-13-3-7-15(20)8-4-13/h3-10,17-18H,2,11-12H2,1H3,(H2,22,23)/t17-,18-/m1/s1. The van der Waals surface area contributed by atoms with Crippen molar-refractivity contribution in [1.29, 1.82) is 0 Å². The third kappa shape index (κ3) is 5.32. The molecule has 128 valence electrons. The minimum absolute atomic E-state index is 0.112. The van der Waals surface area contributed by atoms with Gasteiger partial charge in [0, 0.05) is 17.5 Å². The number of carbonyl (C=O) groups is 1. The number of hydrogen-bond acceptors (Lipinski definition) is 2. The van der Waals surface area contributed by atoms with Gasteiger partial charge in [-0.05, 0) is 48.7 Å². The Morgan fingerprint density at radius 2 is 1.79 bits per heavy atom. The lowest BCUT2D eigenvalue weighted by Gasteiger charge is -2.27. The van der Waals surface area contributed by atoms with Gasteiger partial charge in [-0.1, -0.05) is 35.9 Å². The highest BCUT2D eigenvalue weighted by Crippen LogP contribution is 2.29. The number of benzene rings is 2. The summed E-state index contributed by atoms with van der Waals surface area (Å²) >= 11 is 5.94. The van der Waals surface area contributed by atoms with Gasteiger partial charge in [-0.3, -0.25) is 4.79 Å². The first-order valence-corrected chi connectivity index (χ1v) is 8.27. The Labute approximate surface area is 146 Å². The molecule has 0 bridgehead atoms. The first kappa shape index (κ1) is 18.4. The molecule has 3 nitrogen and oxygen atoms in total. The van der Waals surface area contributed by atoms with E-state index >= 15 is 0 Å². The van der Waals surface area contributed by atoms with Crippen molar-refractivity contribution in [3.8, 4) is 0 Å². The average Bonchev–Trinajstić information content (AvgIpc) is 2.55. The quantitative estimate of drug-likeness (QED) is 0.780. The number of primary amides is 1. The second-order valence-electron chi connectivity index (χ2n) is 5.65. The molecule has 2 rings (SSSR count). The van der Waals surface area contributed by atoms with E-state index in [9.17, 15) is 9.18 Å². The topological polar surface area (TPSA) is 52.3 Å². The van der Waals surface area contributed by atoms with Gasteiger partial charge in [-0.25, -0.2) is 4.39 Å². The van der Waals surface area contributed by atoms with Crippen molar-refractivity contribution >= 4 is 17.5 Å². The lowest BCUT2D eigenvalue weighted by molar-refractivity contribution is -0.121. The molecule has 1 amide bonds. The maximum atomic E-state index is 13.3. The van der Waals surface area contributed by atoms with Crippen LogP contribution < -0.4 is 5.73 Å². The molecule has 0 saturated heterocycles. The number of ether oxygens (including phenoxy) is 1. The molecular formula is C19H21ClFNO2. The predicted molar refractivity (Wildman–Crippen MR) is 93.5 cm³/mol. The lowest BCUT2D eigenvalue weighted by atomic mass is 9.85. The zero-order chi connectivity index (χ0) is 17.5. The minimum atomic E-state index is -0.420. The normalized spacial score (nSPS) is 13.5. The predicted octanol–water partition coefficient (Wildman–Crippen LogP) is 4.09. The number of carbonyl (C=O) groups excluding carboxylic acids is 1. The zero-order valence-corrected chi connectivity index (χ0v) is 14.3. The van der Waals surface area contributed by atoms with Crippen molar-refractivity contribution in [2.75, 3.05) is 6.61 Å². The molecule has 2 N–H and O–H groups in total. The molecule has 0 spiro atoms. The zero-order valence-electron chi connectivity index (χ0n) is 13.5. The minimum Gasteiger partial charge on any atom is -0.377 e. The Morgan fingerprint density at radius 1 is 1.17 bits per heavy atom. The number of nitrogens with two attached hydrogens (primary N) is 1. The molecule has 2 atom stereocenters. The van der Waals surface area contributed by atoms with E-state index in [4.69, 9.17) is 22.1 Å². The van der Waals surface area contributed by atoms with E-state index in [0.29, 0.717) is 18.1 Å². The molecule has 0 saturated carbocycles. The summed E-state index contributed by atoms with van der Waals surface area (Å²) in [7, 11) is 0. The number of amides is 1. The van der Waals surface area contributed by atoms with Gasteiger partial charge in [0.05, 0.1) is 12.5 Å². The summed E-state index contributed by atoms with van der Waals surface area (Å²) in [4.78, 5) is 11.4. The second-order valence-corrected chi connectivity index (χ2v) is 6.09. The SMILES string of the molecule is CCO[C@H](CC(N)=O)[C@H](Cc1ccc(Cl)cc1)c1ccc(F)cc1.